The van der Waals surface area contributed by atoms with Crippen LogP contribution in [0.2, 0.25) is 0 Å². The van der Waals surface area contributed by atoms with Crippen LogP contribution in [0.3, 0.4) is 0 Å². The van der Waals surface area contributed by atoms with Gasteiger partial charge < -0.3 is 20.2 Å². The van der Waals surface area contributed by atoms with Crippen LogP contribution < -0.4 is 10.6 Å². The van der Waals surface area contributed by atoms with Crippen LogP contribution in [0.1, 0.15) is 46.6 Å². The summed E-state index contributed by atoms with van der Waals surface area (Å²) in [7, 11) is 0. The second-order valence-corrected chi connectivity index (χ2v) is 7.22. The van der Waals surface area contributed by atoms with Gasteiger partial charge in [0, 0.05) is 18.1 Å². The van der Waals surface area contributed by atoms with Gasteiger partial charge in [0.15, 0.2) is 36.1 Å². The summed E-state index contributed by atoms with van der Waals surface area (Å²) < 4.78 is 7.29. The normalized spacial score (nSPS) is 16.2. The van der Waals surface area contributed by atoms with Gasteiger partial charge in [-0.25, -0.2) is 14.6 Å². The van der Waals surface area contributed by atoms with Crippen LogP contribution in [0, 0.1) is 18.3 Å². The van der Waals surface area contributed by atoms with Gasteiger partial charge in [0.25, 0.3) is 0 Å². The number of hydrogen-bond acceptors (Lipinski definition) is 9. The maximum atomic E-state index is 10.8. The molecule has 0 fully saturated rings. The number of aromatic nitrogens is 5. The molecule has 0 bridgehead atoms. The van der Waals surface area contributed by atoms with E-state index in [0.717, 1.165) is 0 Å². The largest absolute Gasteiger partial charge is 0.444 e. The molecule has 0 radical (unpaired) electrons. The number of nitriles is 1. The van der Waals surface area contributed by atoms with Crippen molar-refractivity contribution in [1.82, 2.24) is 24.7 Å². The van der Waals surface area contributed by atoms with Crippen LogP contribution in [-0.4, -0.2) is 29.8 Å². The highest BCUT2D eigenvalue weighted by Gasteiger charge is 2.36. The summed E-state index contributed by atoms with van der Waals surface area (Å²) in [5, 5.41) is 24.7. The van der Waals surface area contributed by atoms with Gasteiger partial charge in [0.2, 0.25) is 0 Å². The number of aryl methyl sites for hydroxylation is 1. The first-order chi connectivity index (χ1) is 15.6. The topological polar surface area (TPSA) is 143 Å². The molecule has 5 rings (SSSR count). The number of rotatable bonds is 4. The fourth-order valence-corrected chi connectivity index (χ4v) is 3.64. The van der Waals surface area contributed by atoms with E-state index in [4.69, 9.17) is 10.2 Å². The number of fused-ring (bicyclic) bond motifs is 1. The van der Waals surface area contributed by atoms with E-state index < -0.39 is 12.3 Å². The third kappa shape index (κ3) is 3.17. The Balaban J connectivity index is 1.66. The average Bonchev–Trinajstić information content (AvgIpc) is 3.46. The van der Waals surface area contributed by atoms with Crippen LogP contribution in [-0.2, 0) is 0 Å². The molecule has 0 saturated heterocycles. The van der Waals surface area contributed by atoms with Crippen molar-refractivity contribution < 1.29 is 9.52 Å². The summed E-state index contributed by atoms with van der Waals surface area (Å²) in [6.45, 7) is 1.82. The van der Waals surface area contributed by atoms with Gasteiger partial charge in [0.05, 0.1) is 28.7 Å². The van der Waals surface area contributed by atoms with Crippen LogP contribution in [0.4, 0.5) is 5.69 Å². The lowest BCUT2D eigenvalue weighted by atomic mass is 10.1. The zero-order chi connectivity index (χ0) is 22.2. The predicted molar refractivity (Wildman–Crippen MR) is 114 cm³/mol. The molecule has 0 amide bonds. The molecular formula is C22H18N8O2. The molecule has 3 aromatic heterocycles. The van der Waals surface area contributed by atoms with Crippen molar-refractivity contribution >= 4 is 11.4 Å². The Labute approximate surface area is 182 Å². The van der Waals surface area contributed by atoms with Crippen molar-refractivity contribution in [3.8, 4) is 6.07 Å². The number of aliphatic hydroxyl groups excluding tert-OH is 1. The number of benzene rings is 1. The van der Waals surface area contributed by atoms with Crippen molar-refractivity contribution in [2.45, 2.75) is 19.2 Å². The molecule has 2 atom stereocenters. The molecule has 2 unspecified atom stereocenters. The van der Waals surface area contributed by atoms with Crippen molar-refractivity contribution in [2.75, 3.05) is 4.90 Å². The number of nitrogens with zero attached hydrogens (tertiary/aromatic N) is 7. The van der Waals surface area contributed by atoms with Gasteiger partial charge >= 0.3 is 0 Å². The summed E-state index contributed by atoms with van der Waals surface area (Å²) >= 11 is 0. The summed E-state index contributed by atoms with van der Waals surface area (Å²) in [6, 6.07) is 14.5. The minimum Gasteiger partial charge on any atom is -0.444 e. The van der Waals surface area contributed by atoms with E-state index in [2.05, 4.69) is 26.1 Å². The van der Waals surface area contributed by atoms with Crippen molar-refractivity contribution in [3.05, 3.63) is 95.6 Å². The lowest BCUT2D eigenvalue weighted by Crippen LogP contribution is -2.36. The zero-order valence-corrected chi connectivity index (χ0v) is 17.0. The van der Waals surface area contributed by atoms with E-state index in [1.54, 1.807) is 53.5 Å². The van der Waals surface area contributed by atoms with Crippen LogP contribution in [0.25, 0.3) is 5.70 Å². The van der Waals surface area contributed by atoms with E-state index in [9.17, 15) is 10.4 Å². The van der Waals surface area contributed by atoms with E-state index >= 15 is 0 Å². The van der Waals surface area contributed by atoms with E-state index in [1.807, 2.05) is 17.9 Å². The number of pyridine rings is 1. The van der Waals surface area contributed by atoms with Gasteiger partial charge in [-0.15, -0.1) is 5.10 Å². The molecule has 10 heteroatoms. The minimum absolute atomic E-state index is 0.157. The lowest BCUT2D eigenvalue weighted by Gasteiger charge is -2.33. The third-order valence-electron chi connectivity index (χ3n) is 5.18. The van der Waals surface area contributed by atoms with Crippen molar-refractivity contribution in [2.24, 2.45) is 5.73 Å². The molecule has 4 aromatic rings. The number of anilines is 1. The Hall–Kier alpha value is -4.49. The molecule has 10 nitrogen and oxygen atoms in total. The second-order valence-electron chi connectivity index (χ2n) is 7.22. The van der Waals surface area contributed by atoms with Gasteiger partial charge in [-0.3, -0.25) is 4.98 Å². The molecule has 1 aliphatic rings. The van der Waals surface area contributed by atoms with Crippen molar-refractivity contribution in [1.29, 1.82) is 5.26 Å². The quantitative estimate of drug-likeness (QED) is 0.502. The van der Waals surface area contributed by atoms with Gasteiger partial charge in [0.1, 0.15) is 0 Å². The first-order valence-electron chi connectivity index (χ1n) is 9.78. The number of aliphatic hydroxyl groups is 1. The Morgan fingerprint density at radius 3 is 2.81 bits per heavy atom. The zero-order valence-electron chi connectivity index (χ0n) is 17.0. The molecule has 4 heterocycles. The Morgan fingerprint density at radius 2 is 2.09 bits per heavy atom. The molecule has 0 spiro atoms. The highest BCUT2D eigenvalue weighted by Crippen LogP contribution is 2.36. The minimum atomic E-state index is -1.13. The third-order valence-corrected chi connectivity index (χ3v) is 5.18. The monoisotopic (exact) mass is 426 g/mol. The number of hydrogen-bond donors (Lipinski definition) is 2. The fraction of sp³-hybridized carbons (Fsp3) is 0.136. The molecule has 1 aliphatic heterocycles. The summed E-state index contributed by atoms with van der Waals surface area (Å²) in [6.07, 6.45) is 2.91. The first-order valence-corrected chi connectivity index (χ1v) is 9.78. The molecule has 32 heavy (non-hydrogen) atoms. The number of oxazole rings is 1. The van der Waals surface area contributed by atoms with Crippen LogP contribution in [0.5, 0.6) is 0 Å². The average molecular weight is 426 g/mol. The van der Waals surface area contributed by atoms with E-state index in [1.165, 1.54) is 6.39 Å². The molecule has 158 valence electrons. The fourth-order valence-electron chi connectivity index (χ4n) is 3.64. The van der Waals surface area contributed by atoms with E-state index in [-0.39, 0.29) is 5.82 Å². The van der Waals surface area contributed by atoms with Crippen LogP contribution >= 0.6 is 0 Å². The standard InChI is InChI=1S/C22H18N8O2/c1-13-19(32-12-26-13)22-29(15-6-4-5-14(9-15)10-23)11-16(24)21-27-20(28-30(21)22)18(31)17-7-2-3-8-25-17/h2-9,11-12,18,22,31H,24H2,1H3. The molecule has 0 saturated carbocycles. The first kappa shape index (κ1) is 19.5. The van der Waals surface area contributed by atoms with Gasteiger partial charge in [-0.2, -0.15) is 5.26 Å². The summed E-state index contributed by atoms with van der Waals surface area (Å²) in [5.41, 5.74) is 8.97. The lowest BCUT2D eigenvalue weighted by molar-refractivity contribution is 0.204. The van der Waals surface area contributed by atoms with Gasteiger partial charge in [-0.1, -0.05) is 12.1 Å². The molecule has 3 N–H and O–H groups in total. The SMILES string of the molecule is Cc1ncoc1C1N(c2cccc(C#N)c2)C=C(N)c2nc(C(O)c3ccccn3)nn21. The highest BCUT2D eigenvalue weighted by molar-refractivity contribution is 5.67. The maximum absolute atomic E-state index is 10.8. The smallest absolute Gasteiger partial charge is 0.190 e. The van der Waals surface area contributed by atoms with E-state index in [0.29, 0.717) is 39.9 Å². The number of nitrogens with two attached hydrogens (primary N) is 1. The maximum Gasteiger partial charge on any atom is 0.190 e. The molecular weight excluding hydrogens is 408 g/mol. The van der Waals surface area contributed by atoms with Gasteiger partial charge in [-0.05, 0) is 37.3 Å². The van der Waals surface area contributed by atoms with Crippen LogP contribution in [0.15, 0.2) is 65.7 Å². The summed E-state index contributed by atoms with van der Waals surface area (Å²) in [4.78, 5) is 14.7. The molecule has 0 aliphatic carbocycles. The molecule has 1 aromatic carbocycles. The Kier molecular flexibility index (Phi) is 4.65. The second kappa shape index (κ2) is 7.64. The summed E-state index contributed by atoms with van der Waals surface area (Å²) in [5.74, 6) is 1.06. The Morgan fingerprint density at radius 1 is 1.22 bits per heavy atom. The predicted octanol–water partition coefficient (Wildman–Crippen LogP) is 2.25. The Bertz CT molecular complexity index is 1350. The van der Waals surface area contributed by atoms with Crippen molar-refractivity contribution in [3.63, 3.8) is 0 Å². The highest BCUT2D eigenvalue weighted by atomic mass is 16.3.